The molecule has 3 N–H and O–H groups in total. The van der Waals surface area contributed by atoms with E-state index in [1.807, 2.05) is 19.2 Å². The van der Waals surface area contributed by atoms with Crippen LogP contribution in [0.15, 0.2) is 12.0 Å². The maximum Gasteiger partial charge on any atom is 0.631 e. The van der Waals surface area contributed by atoms with Crippen molar-refractivity contribution in [2.75, 3.05) is 0 Å². The molecule has 0 unspecified atom stereocenters. The summed E-state index contributed by atoms with van der Waals surface area (Å²) in [4.78, 5) is 0. The van der Waals surface area contributed by atoms with Crippen LogP contribution in [0.5, 0.6) is 0 Å². The molecule has 0 saturated heterocycles. The van der Waals surface area contributed by atoms with Crippen LogP contribution < -0.4 is 0 Å². The van der Waals surface area contributed by atoms with E-state index in [2.05, 4.69) is 0 Å². The van der Waals surface area contributed by atoms with Gasteiger partial charge in [-0.15, -0.1) is 12.0 Å². The van der Waals surface area contributed by atoms with Crippen molar-refractivity contribution in [3.05, 3.63) is 12.0 Å². The molecule has 0 atom stereocenters. The van der Waals surface area contributed by atoms with Gasteiger partial charge in [0.2, 0.25) is 0 Å². The molecule has 5 heteroatoms. The first-order valence-corrected chi connectivity index (χ1v) is 1.77. The van der Waals surface area contributed by atoms with Crippen molar-refractivity contribution in [3.63, 3.8) is 0 Å². The summed E-state index contributed by atoms with van der Waals surface area (Å²) < 4.78 is 0. The molecule has 0 aliphatic carbocycles. The zero-order chi connectivity index (χ0) is 5.70. The Morgan fingerprint density at radius 2 is 1.29 bits per heavy atom. The molecule has 3 nitrogen and oxygen atoms in total. The van der Waals surface area contributed by atoms with Gasteiger partial charge in [0, 0.05) is 0 Å². The topological polar surface area (TPSA) is 60.7 Å². The summed E-state index contributed by atoms with van der Waals surface area (Å²) in [6.07, 6.45) is 0. The predicted octanol–water partition coefficient (Wildman–Crippen LogP) is -1.88. The minimum absolute atomic E-state index is 2.00. The van der Waals surface area contributed by atoms with E-state index in [0.29, 0.717) is 0 Å². The second-order valence-corrected chi connectivity index (χ2v) is 0.924. The Kier molecular flexibility index (Phi) is 3.78. The van der Waals surface area contributed by atoms with Crippen molar-refractivity contribution < 1.29 is 15.1 Å². The first kappa shape index (κ1) is 6.75. The summed E-state index contributed by atoms with van der Waals surface area (Å²) in [5.41, 5.74) is 0. The van der Waals surface area contributed by atoms with Crippen molar-refractivity contribution in [3.8, 4) is 0 Å². The molecule has 7 heavy (non-hydrogen) atoms. The third-order valence-corrected chi connectivity index (χ3v) is 0.192. The highest BCUT2D eigenvalue weighted by Gasteiger charge is 1.92. The Morgan fingerprint density at radius 1 is 1.14 bits per heavy atom. The quantitative estimate of drug-likeness (QED) is 0.311. The van der Waals surface area contributed by atoms with Gasteiger partial charge in [0.1, 0.15) is 0 Å². The Bertz CT molecular complexity index is 55.2. The average Bonchev–Trinajstić information content (AvgIpc) is 2.02. The Labute approximate surface area is 42.7 Å². The predicted molar refractivity (Wildman–Crippen MR) is 27.3 cm³/mol. The molecular weight excluding hydrogens is 93.6 g/mol. The maximum atomic E-state index is 7.17. The van der Waals surface area contributed by atoms with E-state index in [4.69, 9.17) is 15.1 Å². The fraction of sp³-hybridized carbons (Fsp3) is 0. The first-order chi connectivity index (χ1) is 3.23. The summed E-state index contributed by atoms with van der Waals surface area (Å²) in [6, 6.07) is 0. The van der Waals surface area contributed by atoms with Crippen LogP contribution in [-0.4, -0.2) is 29.7 Å². The van der Waals surface area contributed by atoms with Gasteiger partial charge >= 0.3 is 7.32 Å². The molecule has 0 amide bonds. The number of rotatable bonds is 0. The molecular formula is C2H5B2O3. The number of hydrogen-bond acceptors (Lipinski definition) is 3. The SMILES string of the molecule is OB(O)O.[B]1C=C1. The average molecular weight is 98.7 g/mol. The summed E-state index contributed by atoms with van der Waals surface area (Å²) in [5.74, 6) is 4.00. The van der Waals surface area contributed by atoms with Crippen LogP contribution in [0.4, 0.5) is 0 Å². The fourth-order valence-corrected chi connectivity index (χ4v) is 0. The summed E-state index contributed by atoms with van der Waals surface area (Å²) in [7, 11) is -0.167. The van der Waals surface area contributed by atoms with Crippen molar-refractivity contribution in [2.45, 2.75) is 0 Å². The molecule has 0 aromatic heterocycles. The van der Waals surface area contributed by atoms with E-state index in [0.717, 1.165) is 0 Å². The van der Waals surface area contributed by atoms with Crippen LogP contribution in [0.2, 0.25) is 0 Å². The van der Waals surface area contributed by atoms with E-state index in [1.54, 1.807) is 0 Å². The second kappa shape index (κ2) is 3.92. The lowest BCUT2D eigenvalue weighted by molar-refractivity contribution is 0.278. The lowest BCUT2D eigenvalue weighted by atomic mass is 10.1. The third kappa shape index (κ3) is 144. The highest BCUT2D eigenvalue weighted by atomic mass is 16.5. The smallest absolute Gasteiger partial charge is 0.402 e. The van der Waals surface area contributed by atoms with Crippen LogP contribution in [0.1, 0.15) is 0 Å². The highest BCUT2D eigenvalue weighted by molar-refractivity contribution is 6.60. The second-order valence-electron chi connectivity index (χ2n) is 0.924. The first-order valence-electron chi connectivity index (χ1n) is 1.77. The van der Waals surface area contributed by atoms with Crippen molar-refractivity contribution >= 4 is 14.6 Å². The van der Waals surface area contributed by atoms with E-state index < -0.39 is 7.32 Å². The molecule has 0 fully saturated rings. The molecule has 37 valence electrons. The molecule has 0 spiro atoms. The van der Waals surface area contributed by atoms with Gasteiger partial charge in [0.05, 0.1) is 0 Å². The molecule has 1 rings (SSSR count). The van der Waals surface area contributed by atoms with Crippen LogP contribution in [0.3, 0.4) is 0 Å². The van der Waals surface area contributed by atoms with E-state index in [1.165, 1.54) is 0 Å². The third-order valence-electron chi connectivity index (χ3n) is 0.192. The molecule has 1 aliphatic heterocycles. The lowest BCUT2D eigenvalue weighted by Crippen LogP contribution is -2.07. The molecule has 1 heterocycles. The minimum Gasteiger partial charge on any atom is -0.402 e. The standard InChI is InChI=1S/C2H2B.BH3O3/c1-2-3-1;2-1(3)4/h1-2H;2-4H. The summed E-state index contributed by atoms with van der Waals surface area (Å²) >= 11 is 0. The minimum atomic E-state index is -2.17. The van der Waals surface area contributed by atoms with Gasteiger partial charge in [-0.1, -0.05) is 0 Å². The van der Waals surface area contributed by atoms with Gasteiger partial charge in [-0.05, 0) is 0 Å². The molecule has 1 aliphatic rings. The number of hydrogen-bond donors (Lipinski definition) is 3. The Morgan fingerprint density at radius 3 is 1.29 bits per heavy atom. The van der Waals surface area contributed by atoms with Crippen LogP contribution in [0.25, 0.3) is 0 Å². The molecule has 0 aromatic carbocycles. The van der Waals surface area contributed by atoms with Crippen molar-refractivity contribution in [1.29, 1.82) is 0 Å². The zero-order valence-electron chi connectivity index (χ0n) is 3.65. The Balaban J connectivity index is 0.000000105. The largest absolute Gasteiger partial charge is 0.631 e. The lowest BCUT2D eigenvalue weighted by Gasteiger charge is -1.69. The summed E-state index contributed by atoms with van der Waals surface area (Å²) in [5, 5.41) is 21.5. The van der Waals surface area contributed by atoms with E-state index in [-0.39, 0.29) is 0 Å². The Hall–Kier alpha value is -0.250. The van der Waals surface area contributed by atoms with Gasteiger partial charge in [-0.3, -0.25) is 0 Å². The molecule has 1 radical (unpaired) electrons. The fourth-order valence-electron chi connectivity index (χ4n) is 0. The highest BCUT2D eigenvalue weighted by Crippen LogP contribution is 1.79. The van der Waals surface area contributed by atoms with Crippen LogP contribution in [-0.2, 0) is 0 Å². The normalized spacial score (nSPS) is 10.7. The zero-order valence-corrected chi connectivity index (χ0v) is 3.65. The van der Waals surface area contributed by atoms with E-state index >= 15 is 0 Å². The van der Waals surface area contributed by atoms with Gasteiger partial charge in [0.15, 0.2) is 7.28 Å². The molecule has 0 bridgehead atoms. The van der Waals surface area contributed by atoms with Crippen LogP contribution >= 0.6 is 0 Å². The van der Waals surface area contributed by atoms with Gasteiger partial charge in [0.25, 0.3) is 0 Å². The van der Waals surface area contributed by atoms with Crippen molar-refractivity contribution in [1.82, 2.24) is 0 Å². The van der Waals surface area contributed by atoms with Crippen LogP contribution in [0, 0.1) is 0 Å². The maximum absolute atomic E-state index is 7.17. The van der Waals surface area contributed by atoms with Gasteiger partial charge in [-0.2, -0.15) is 0 Å². The summed E-state index contributed by atoms with van der Waals surface area (Å²) in [6.45, 7) is 0. The molecule has 0 saturated carbocycles. The monoisotopic (exact) mass is 99.0 g/mol. The van der Waals surface area contributed by atoms with Gasteiger partial charge < -0.3 is 15.1 Å². The van der Waals surface area contributed by atoms with Crippen molar-refractivity contribution in [2.24, 2.45) is 0 Å². The van der Waals surface area contributed by atoms with Gasteiger partial charge in [-0.25, -0.2) is 0 Å². The molecule has 0 aromatic rings. The van der Waals surface area contributed by atoms with E-state index in [9.17, 15) is 0 Å².